The van der Waals surface area contributed by atoms with Crippen molar-refractivity contribution < 1.29 is 9.53 Å². The Morgan fingerprint density at radius 1 is 1.62 bits per heavy atom. The van der Waals surface area contributed by atoms with Gasteiger partial charge in [-0.3, -0.25) is 9.69 Å². The van der Waals surface area contributed by atoms with Crippen LogP contribution in [0.3, 0.4) is 0 Å². The second-order valence-electron chi connectivity index (χ2n) is 5.77. The second kappa shape index (κ2) is 6.49. The van der Waals surface area contributed by atoms with Crippen LogP contribution in [0, 0.1) is 0 Å². The number of aromatic nitrogens is 2. The van der Waals surface area contributed by atoms with Crippen molar-refractivity contribution in [1.29, 1.82) is 0 Å². The molecule has 0 aliphatic carbocycles. The molecule has 1 N–H and O–H groups in total. The highest BCUT2D eigenvalue weighted by molar-refractivity contribution is 5.81. The zero-order valence-electron chi connectivity index (χ0n) is 12.4. The molecule has 114 valence electrons. The second-order valence-corrected chi connectivity index (χ2v) is 5.77. The van der Waals surface area contributed by atoms with Crippen molar-refractivity contribution in [3.8, 4) is 0 Å². The quantitative estimate of drug-likeness (QED) is 0.875. The molecule has 6 heteroatoms. The van der Waals surface area contributed by atoms with E-state index in [1.54, 1.807) is 6.33 Å². The number of hydrogen-bond acceptors (Lipinski definition) is 5. The van der Waals surface area contributed by atoms with Gasteiger partial charge in [0.25, 0.3) is 0 Å². The van der Waals surface area contributed by atoms with Gasteiger partial charge >= 0.3 is 0 Å². The molecular weight excluding hydrogens is 268 g/mol. The molecule has 2 aliphatic rings. The van der Waals surface area contributed by atoms with Crippen LogP contribution in [0.2, 0.25) is 0 Å². The highest BCUT2D eigenvalue weighted by atomic mass is 16.5. The molecule has 1 amide bonds. The van der Waals surface area contributed by atoms with Crippen molar-refractivity contribution in [3.63, 3.8) is 0 Å². The first-order chi connectivity index (χ1) is 10.2. The predicted octanol–water partition coefficient (Wildman–Crippen LogP) is 0.518. The molecule has 1 saturated heterocycles. The average molecular weight is 290 g/mol. The molecule has 0 aromatic carbocycles. The molecule has 0 radical (unpaired) electrons. The normalized spacial score (nSPS) is 23.6. The van der Waals surface area contributed by atoms with Crippen molar-refractivity contribution >= 4 is 5.91 Å². The summed E-state index contributed by atoms with van der Waals surface area (Å²) in [6, 6.07) is -0.144. The number of carbonyl (C=O) groups is 1. The van der Waals surface area contributed by atoms with Gasteiger partial charge in [0.1, 0.15) is 6.33 Å². The minimum Gasteiger partial charge on any atom is -0.376 e. The molecule has 3 heterocycles. The van der Waals surface area contributed by atoms with E-state index in [1.807, 2.05) is 13.1 Å². The Morgan fingerprint density at radius 2 is 2.52 bits per heavy atom. The van der Waals surface area contributed by atoms with Crippen molar-refractivity contribution in [2.24, 2.45) is 0 Å². The van der Waals surface area contributed by atoms with E-state index in [-0.39, 0.29) is 18.1 Å². The lowest BCUT2D eigenvalue weighted by atomic mass is 10.1. The summed E-state index contributed by atoms with van der Waals surface area (Å²) in [5, 5.41) is 3.01. The number of fused-ring (bicyclic) bond motifs is 1. The molecule has 0 unspecified atom stereocenters. The van der Waals surface area contributed by atoms with Gasteiger partial charge in [0.05, 0.1) is 17.8 Å². The van der Waals surface area contributed by atoms with Crippen LogP contribution in [0.4, 0.5) is 0 Å². The molecule has 1 aromatic rings. The van der Waals surface area contributed by atoms with Crippen molar-refractivity contribution in [1.82, 2.24) is 20.2 Å². The number of rotatable bonds is 4. The number of hydrogen-bond donors (Lipinski definition) is 1. The molecule has 3 rings (SSSR count). The summed E-state index contributed by atoms with van der Waals surface area (Å²) in [7, 11) is 0. The smallest absolute Gasteiger partial charge is 0.237 e. The maximum atomic E-state index is 12.3. The fourth-order valence-corrected chi connectivity index (χ4v) is 2.93. The van der Waals surface area contributed by atoms with Crippen molar-refractivity contribution in [3.05, 3.63) is 23.8 Å². The van der Waals surface area contributed by atoms with Gasteiger partial charge < -0.3 is 10.1 Å². The Bertz CT molecular complexity index is 502. The zero-order chi connectivity index (χ0) is 14.7. The molecule has 1 aromatic heterocycles. The van der Waals surface area contributed by atoms with Crippen LogP contribution in [-0.2, 0) is 22.5 Å². The third-order valence-corrected chi connectivity index (χ3v) is 4.36. The monoisotopic (exact) mass is 290 g/mol. The van der Waals surface area contributed by atoms with Gasteiger partial charge in [0.15, 0.2) is 0 Å². The van der Waals surface area contributed by atoms with E-state index in [9.17, 15) is 4.79 Å². The lowest BCUT2D eigenvalue weighted by molar-refractivity contribution is -0.126. The van der Waals surface area contributed by atoms with Gasteiger partial charge in [-0.05, 0) is 31.7 Å². The fraction of sp³-hybridized carbons (Fsp3) is 0.667. The first kappa shape index (κ1) is 14.4. The van der Waals surface area contributed by atoms with Crippen LogP contribution in [0.25, 0.3) is 0 Å². The van der Waals surface area contributed by atoms with Crippen molar-refractivity contribution in [2.45, 2.75) is 44.9 Å². The van der Waals surface area contributed by atoms with Crippen LogP contribution >= 0.6 is 0 Å². The molecule has 1 fully saturated rings. The standard InChI is InChI=1S/C15H22N4O2/c1-11(15(20)17-8-13-3-2-6-21-13)19-5-4-12-7-16-10-18-14(12)9-19/h7,10-11,13H,2-6,8-9H2,1H3,(H,17,20)/t11-,13+/m0/s1. The highest BCUT2D eigenvalue weighted by Crippen LogP contribution is 2.17. The summed E-state index contributed by atoms with van der Waals surface area (Å²) >= 11 is 0. The molecule has 0 bridgehead atoms. The fourth-order valence-electron chi connectivity index (χ4n) is 2.93. The lowest BCUT2D eigenvalue weighted by Crippen LogP contribution is -2.48. The molecule has 2 aliphatic heterocycles. The Balaban J connectivity index is 1.53. The summed E-state index contributed by atoms with van der Waals surface area (Å²) in [6.45, 7) is 4.98. The minimum atomic E-state index is -0.144. The maximum absolute atomic E-state index is 12.3. The molecule has 0 spiro atoms. The maximum Gasteiger partial charge on any atom is 0.237 e. The number of amides is 1. The summed E-state index contributed by atoms with van der Waals surface area (Å²) < 4.78 is 5.53. The van der Waals surface area contributed by atoms with Crippen LogP contribution in [0.15, 0.2) is 12.5 Å². The van der Waals surface area contributed by atoms with E-state index in [0.29, 0.717) is 13.1 Å². The average Bonchev–Trinajstić information content (AvgIpc) is 3.05. The van der Waals surface area contributed by atoms with E-state index in [4.69, 9.17) is 4.74 Å². The number of carbonyl (C=O) groups excluding carboxylic acids is 1. The summed E-state index contributed by atoms with van der Waals surface area (Å²) in [4.78, 5) is 22.8. The third-order valence-electron chi connectivity index (χ3n) is 4.36. The Morgan fingerprint density at radius 3 is 3.33 bits per heavy atom. The van der Waals surface area contributed by atoms with Crippen LogP contribution in [0.1, 0.15) is 31.0 Å². The van der Waals surface area contributed by atoms with E-state index < -0.39 is 0 Å². The lowest BCUT2D eigenvalue weighted by Gasteiger charge is -2.32. The van der Waals surface area contributed by atoms with Crippen LogP contribution in [0.5, 0.6) is 0 Å². The number of nitrogens with zero attached hydrogens (tertiary/aromatic N) is 3. The Labute approximate surface area is 124 Å². The SMILES string of the molecule is C[C@@H](C(=O)NC[C@H]1CCCO1)N1CCc2cncnc2C1. The molecular formula is C15H22N4O2. The Hall–Kier alpha value is -1.53. The van der Waals surface area contributed by atoms with E-state index in [2.05, 4.69) is 20.2 Å². The molecule has 6 nitrogen and oxygen atoms in total. The predicted molar refractivity (Wildman–Crippen MR) is 77.6 cm³/mol. The van der Waals surface area contributed by atoms with Gasteiger partial charge in [-0.1, -0.05) is 0 Å². The van der Waals surface area contributed by atoms with E-state index in [0.717, 1.165) is 38.1 Å². The first-order valence-corrected chi connectivity index (χ1v) is 7.65. The number of ether oxygens (including phenoxy) is 1. The van der Waals surface area contributed by atoms with Gasteiger partial charge in [-0.15, -0.1) is 0 Å². The summed E-state index contributed by atoms with van der Waals surface area (Å²) in [6.07, 6.45) is 6.68. The highest BCUT2D eigenvalue weighted by Gasteiger charge is 2.26. The minimum absolute atomic E-state index is 0.0722. The largest absolute Gasteiger partial charge is 0.376 e. The summed E-state index contributed by atoms with van der Waals surface area (Å²) in [5.74, 6) is 0.0722. The first-order valence-electron chi connectivity index (χ1n) is 7.65. The van der Waals surface area contributed by atoms with Gasteiger partial charge in [-0.2, -0.15) is 0 Å². The molecule has 21 heavy (non-hydrogen) atoms. The molecule has 0 saturated carbocycles. The zero-order valence-corrected chi connectivity index (χ0v) is 12.4. The van der Waals surface area contributed by atoms with Gasteiger partial charge in [0, 0.05) is 32.4 Å². The van der Waals surface area contributed by atoms with Gasteiger partial charge in [-0.25, -0.2) is 9.97 Å². The topological polar surface area (TPSA) is 67.3 Å². The van der Waals surface area contributed by atoms with Gasteiger partial charge in [0.2, 0.25) is 5.91 Å². The molecule has 2 atom stereocenters. The van der Waals surface area contributed by atoms with Crippen molar-refractivity contribution in [2.75, 3.05) is 19.7 Å². The van der Waals surface area contributed by atoms with E-state index >= 15 is 0 Å². The van der Waals surface area contributed by atoms with E-state index in [1.165, 1.54) is 5.56 Å². The summed E-state index contributed by atoms with van der Waals surface area (Å²) in [5.41, 5.74) is 2.23. The van der Waals surface area contributed by atoms with Crippen LogP contribution in [-0.4, -0.2) is 52.6 Å². The Kier molecular flexibility index (Phi) is 4.45. The third kappa shape index (κ3) is 3.39. The van der Waals surface area contributed by atoms with Crippen LogP contribution < -0.4 is 5.32 Å². The number of nitrogens with one attached hydrogen (secondary N) is 1.